The molecule has 29 heavy (non-hydrogen) atoms. The van der Waals surface area contributed by atoms with Gasteiger partial charge in [0.2, 0.25) is 5.91 Å². The van der Waals surface area contributed by atoms with Crippen molar-refractivity contribution in [3.05, 3.63) is 68.2 Å². The number of carbonyl (C=O) groups excluding carboxylic acids is 2. The second-order valence-electron chi connectivity index (χ2n) is 6.69. The van der Waals surface area contributed by atoms with E-state index >= 15 is 0 Å². The third-order valence-electron chi connectivity index (χ3n) is 4.79. The summed E-state index contributed by atoms with van der Waals surface area (Å²) in [6.45, 7) is 4.89. The van der Waals surface area contributed by atoms with Crippen LogP contribution < -0.4 is 5.32 Å². The normalized spacial score (nSPS) is 17.8. The molecule has 7 heteroatoms. The Labute approximate surface area is 190 Å². The van der Waals surface area contributed by atoms with Crippen molar-refractivity contribution in [1.29, 1.82) is 0 Å². The van der Waals surface area contributed by atoms with E-state index < -0.39 is 6.04 Å². The average Bonchev–Trinajstić information content (AvgIpc) is 3.19. The van der Waals surface area contributed by atoms with E-state index in [4.69, 9.17) is 23.2 Å². The second kappa shape index (κ2) is 11.6. The van der Waals surface area contributed by atoms with Crippen LogP contribution in [-0.2, 0) is 4.79 Å². The lowest BCUT2D eigenvalue weighted by Gasteiger charge is -2.24. The van der Waals surface area contributed by atoms with Crippen LogP contribution in [0, 0.1) is 0 Å². The SMILES string of the molecule is C\C=C(/C=C\C(Cl)=C/C)CCNC(=O)C1CCCN1C(=O)c1ccc(Cl)cc1Br. The van der Waals surface area contributed by atoms with Crippen LogP contribution in [0.15, 0.2) is 57.6 Å². The minimum absolute atomic E-state index is 0.119. The third-order valence-corrected chi connectivity index (χ3v) is 6.03. The molecule has 0 bridgehead atoms. The first-order valence-corrected chi connectivity index (χ1v) is 11.1. The van der Waals surface area contributed by atoms with Gasteiger partial charge in [-0.05, 0) is 73.3 Å². The smallest absolute Gasteiger partial charge is 0.255 e. The number of amides is 2. The molecule has 1 N–H and O–H groups in total. The van der Waals surface area contributed by atoms with Gasteiger partial charge in [0.25, 0.3) is 5.91 Å². The number of carbonyl (C=O) groups is 2. The van der Waals surface area contributed by atoms with Crippen LogP contribution >= 0.6 is 39.1 Å². The van der Waals surface area contributed by atoms with Crippen LogP contribution in [-0.4, -0.2) is 35.8 Å². The van der Waals surface area contributed by atoms with Crippen LogP contribution in [0.4, 0.5) is 0 Å². The van der Waals surface area contributed by atoms with Crippen LogP contribution in [0.3, 0.4) is 0 Å². The highest BCUT2D eigenvalue weighted by Gasteiger charge is 2.34. The van der Waals surface area contributed by atoms with E-state index in [0.717, 1.165) is 12.0 Å². The Balaban J connectivity index is 1.96. The first-order valence-electron chi connectivity index (χ1n) is 9.56. The molecule has 1 heterocycles. The summed E-state index contributed by atoms with van der Waals surface area (Å²) >= 11 is 15.3. The van der Waals surface area contributed by atoms with E-state index in [1.54, 1.807) is 23.1 Å². The molecule has 1 aliphatic rings. The van der Waals surface area contributed by atoms with Crippen molar-refractivity contribution in [3.8, 4) is 0 Å². The van der Waals surface area contributed by atoms with Gasteiger partial charge >= 0.3 is 0 Å². The summed E-state index contributed by atoms with van der Waals surface area (Å²) in [6.07, 6.45) is 9.74. The van der Waals surface area contributed by atoms with Gasteiger partial charge in [-0.25, -0.2) is 0 Å². The van der Waals surface area contributed by atoms with Gasteiger partial charge in [0.1, 0.15) is 6.04 Å². The van der Waals surface area contributed by atoms with E-state index in [-0.39, 0.29) is 11.8 Å². The van der Waals surface area contributed by atoms with Crippen LogP contribution in [0.1, 0.15) is 43.5 Å². The van der Waals surface area contributed by atoms with Gasteiger partial charge in [-0.1, -0.05) is 47.0 Å². The molecule has 4 nitrogen and oxygen atoms in total. The highest BCUT2D eigenvalue weighted by Crippen LogP contribution is 2.26. The Bertz CT molecular complexity index is 849. The van der Waals surface area contributed by atoms with Crippen molar-refractivity contribution in [3.63, 3.8) is 0 Å². The lowest BCUT2D eigenvalue weighted by molar-refractivity contribution is -0.124. The molecule has 1 saturated heterocycles. The predicted molar refractivity (Wildman–Crippen MR) is 123 cm³/mol. The zero-order valence-electron chi connectivity index (χ0n) is 16.6. The fourth-order valence-corrected chi connectivity index (χ4v) is 4.07. The molecule has 2 amide bonds. The number of nitrogens with zero attached hydrogens (tertiary/aromatic N) is 1. The quantitative estimate of drug-likeness (QED) is 0.477. The molecule has 1 unspecified atom stereocenters. The number of likely N-dealkylation sites (tertiary alicyclic amines) is 1. The Morgan fingerprint density at radius 2 is 2.03 bits per heavy atom. The van der Waals surface area contributed by atoms with Crippen molar-refractivity contribution >= 4 is 50.9 Å². The van der Waals surface area contributed by atoms with E-state index in [2.05, 4.69) is 21.2 Å². The summed E-state index contributed by atoms with van der Waals surface area (Å²) in [5.74, 6) is -0.281. The van der Waals surface area contributed by atoms with Crippen molar-refractivity contribution in [2.24, 2.45) is 0 Å². The fourth-order valence-electron chi connectivity index (χ4n) is 3.15. The topological polar surface area (TPSA) is 49.4 Å². The second-order valence-corrected chi connectivity index (χ2v) is 8.42. The largest absolute Gasteiger partial charge is 0.354 e. The number of hydrogen-bond donors (Lipinski definition) is 1. The maximum atomic E-state index is 12.9. The summed E-state index contributed by atoms with van der Waals surface area (Å²) in [6, 6.07) is 4.60. The van der Waals surface area contributed by atoms with Gasteiger partial charge in [0, 0.05) is 27.6 Å². The zero-order valence-corrected chi connectivity index (χ0v) is 19.6. The molecule has 1 atom stereocenters. The van der Waals surface area contributed by atoms with Crippen LogP contribution in [0.25, 0.3) is 0 Å². The Morgan fingerprint density at radius 3 is 2.69 bits per heavy atom. The number of allylic oxidation sites excluding steroid dienone is 5. The summed E-state index contributed by atoms with van der Waals surface area (Å²) in [5.41, 5.74) is 1.59. The highest BCUT2D eigenvalue weighted by atomic mass is 79.9. The molecule has 2 rings (SSSR count). The van der Waals surface area contributed by atoms with E-state index in [1.807, 2.05) is 38.2 Å². The molecular weight excluding hydrogens is 475 g/mol. The number of halogens is 3. The van der Waals surface area contributed by atoms with Crippen molar-refractivity contribution in [2.45, 2.75) is 39.2 Å². The number of rotatable bonds is 7. The summed E-state index contributed by atoms with van der Waals surface area (Å²) in [4.78, 5) is 27.3. The maximum Gasteiger partial charge on any atom is 0.255 e. The number of nitrogens with one attached hydrogen (secondary N) is 1. The average molecular weight is 500 g/mol. The lowest BCUT2D eigenvalue weighted by Crippen LogP contribution is -2.46. The van der Waals surface area contributed by atoms with Gasteiger partial charge in [-0.2, -0.15) is 0 Å². The molecule has 0 saturated carbocycles. The van der Waals surface area contributed by atoms with Crippen molar-refractivity contribution in [1.82, 2.24) is 10.2 Å². The molecule has 1 aliphatic heterocycles. The van der Waals surface area contributed by atoms with E-state index in [0.29, 0.717) is 46.0 Å². The highest BCUT2D eigenvalue weighted by molar-refractivity contribution is 9.10. The Hall–Kier alpha value is -1.56. The minimum atomic E-state index is -0.452. The Morgan fingerprint density at radius 1 is 1.28 bits per heavy atom. The molecule has 0 aliphatic carbocycles. The molecule has 1 aromatic rings. The van der Waals surface area contributed by atoms with Gasteiger partial charge < -0.3 is 10.2 Å². The fraction of sp³-hybridized carbons (Fsp3) is 0.364. The molecule has 1 aromatic carbocycles. The molecule has 0 spiro atoms. The zero-order chi connectivity index (χ0) is 21.4. The standard InChI is InChI=1S/C22H25BrCl2N2O2/c1-3-15(7-8-16(24)4-2)11-12-26-21(28)20-6-5-13-27(20)22(29)18-10-9-17(25)14-19(18)23/h3-4,7-10,14,20H,5-6,11-13H2,1-2H3,(H,26,28)/b8-7-,15-3+,16-4+. The van der Waals surface area contributed by atoms with Crippen molar-refractivity contribution < 1.29 is 9.59 Å². The molecule has 156 valence electrons. The molecule has 0 radical (unpaired) electrons. The molecule has 0 aromatic heterocycles. The minimum Gasteiger partial charge on any atom is -0.354 e. The monoisotopic (exact) mass is 498 g/mol. The molecule has 1 fully saturated rings. The summed E-state index contributed by atoms with van der Waals surface area (Å²) in [7, 11) is 0. The predicted octanol–water partition coefficient (Wildman–Crippen LogP) is 5.86. The molecular formula is C22H25BrCl2N2O2. The first-order chi connectivity index (χ1) is 13.9. The van der Waals surface area contributed by atoms with Gasteiger partial charge in [-0.15, -0.1) is 0 Å². The number of benzene rings is 1. The lowest BCUT2D eigenvalue weighted by atomic mass is 10.1. The van der Waals surface area contributed by atoms with Gasteiger partial charge in [0.15, 0.2) is 0 Å². The van der Waals surface area contributed by atoms with Crippen LogP contribution in [0.2, 0.25) is 5.02 Å². The number of hydrogen-bond acceptors (Lipinski definition) is 2. The van der Waals surface area contributed by atoms with Crippen molar-refractivity contribution in [2.75, 3.05) is 13.1 Å². The van der Waals surface area contributed by atoms with Gasteiger partial charge in [0.05, 0.1) is 5.56 Å². The van der Waals surface area contributed by atoms with E-state index in [9.17, 15) is 9.59 Å². The van der Waals surface area contributed by atoms with E-state index in [1.165, 1.54) is 0 Å². The Kier molecular flexibility index (Phi) is 9.47. The van der Waals surface area contributed by atoms with Gasteiger partial charge in [-0.3, -0.25) is 9.59 Å². The summed E-state index contributed by atoms with van der Waals surface area (Å²) in [5, 5.41) is 4.18. The first kappa shape index (κ1) is 23.7. The third kappa shape index (κ3) is 6.73. The maximum absolute atomic E-state index is 12.9. The summed E-state index contributed by atoms with van der Waals surface area (Å²) < 4.78 is 0.630. The van der Waals surface area contributed by atoms with Crippen LogP contribution in [0.5, 0.6) is 0 Å².